The number of likely N-dealkylation sites (tertiary alicyclic amines) is 1. The Labute approximate surface area is 219 Å². The second-order valence-electron chi connectivity index (χ2n) is 10.4. The SMILES string of the molecule is CCCCNC(=O)C1N(CCCCO)C(=O)[C@@H]2[C@@H](C(=O)Nc3ccc(OCC)cc3)[C@@]3(CC)CCC12O3. The zero-order valence-electron chi connectivity index (χ0n) is 22.3. The van der Waals surface area contributed by atoms with E-state index in [1.165, 1.54) is 0 Å². The summed E-state index contributed by atoms with van der Waals surface area (Å²) >= 11 is 0. The third-order valence-corrected chi connectivity index (χ3v) is 8.28. The van der Waals surface area contributed by atoms with Gasteiger partial charge in [-0.3, -0.25) is 14.4 Å². The fraction of sp³-hybridized carbons (Fsp3) is 0.679. The summed E-state index contributed by atoms with van der Waals surface area (Å²) in [5, 5.41) is 15.3. The third kappa shape index (κ3) is 4.83. The zero-order chi connectivity index (χ0) is 26.6. The molecule has 1 aromatic rings. The molecule has 1 spiro atoms. The molecule has 0 radical (unpaired) electrons. The molecule has 3 aliphatic heterocycles. The van der Waals surface area contributed by atoms with Crippen molar-refractivity contribution in [3.63, 3.8) is 0 Å². The minimum Gasteiger partial charge on any atom is -0.494 e. The molecular formula is C28H41N3O6. The van der Waals surface area contributed by atoms with E-state index in [2.05, 4.69) is 17.6 Å². The van der Waals surface area contributed by atoms with Gasteiger partial charge in [0.25, 0.3) is 0 Å². The Morgan fingerprint density at radius 2 is 1.86 bits per heavy atom. The molecule has 204 valence electrons. The second-order valence-corrected chi connectivity index (χ2v) is 10.4. The number of rotatable bonds is 13. The largest absolute Gasteiger partial charge is 0.494 e. The highest BCUT2D eigenvalue weighted by molar-refractivity contribution is 6.02. The standard InChI is InChI=1S/C28H41N3O6/c1-4-7-16-29-25(34)23-28-15-14-27(5-2,37-28)21(22(28)26(35)31(23)17-8-9-18-32)24(33)30-19-10-12-20(13-11-19)36-6-3/h10-13,21-23,32H,4-9,14-18H2,1-3H3,(H,29,34)(H,30,33)/t21-,22-,23?,27+,28?/m0/s1. The molecular weight excluding hydrogens is 474 g/mol. The van der Waals surface area contributed by atoms with Gasteiger partial charge in [-0.25, -0.2) is 0 Å². The molecule has 37 heavy (non-hydrogen) atoms. The van der Waals surface area contributed by atoms with Crippen LogP contribution in [0.3, 0.4) is 0 Å². The number of anilines is 1. The Kier molecular flexibility index (Phi) is 8.43. The van der Waals surface area contributed by atoms with Crippen LogP contribution in [0.5, 0.6) is 5.75 Å². The van der Waals surface area contributed by atoms with Crippen LogP contribution in [-0.4, -0.2) is 71.3 Å². The summed E-state index contributed by atoms with van der Waals surface area (Å²) in [7, 11) is 0. The number of hydrogen-bond acceptors (Lipinski definition) is 6. The topological polar surface area (TPSA) is 117 Å². The van der Waals surface area contributed by atoms with E-state index in [-0.39, 0.29) is 24.3 Å². The average molecular weight is 516 g/mol. The number of nitrogens with zero attached hydrogens (tertiary/aromatic N) is 1. The van der Waals surface area contributed by atoms with Gasteiger partial charge in [-0.1, -0.05) is 20.3 Å². The second kappa shape index (κ2) is 11.4. The number of amides is 3. The summed E-state index contributed by atoms with van der Waals surface area (Å²) in [5.41, 5.74) is -1.19. The molecule has 3 amide bonds. The van der Waals surface area contributed by atoms with Gasteiger partial charge in [0.1, 0.15) is 17.4 Å². The lowest BCUT2D eigenvalue weighted by atomic mass is 9.65. The molecule has 0 aliphatic carbocycles. The lowest BCUT2D eigenvalue weighted by Gasteiger charge is -2.34. The van der Waals surface area contributed by atoms with Crippen LogP contribution >= 0.6 is 0 Å². The van der Waals surface area contributed by atoms with Gasteiger partial charge in [0.05, 0.1) is 24.0 Å². The van der Waals surface area contributed by atoms with Crippen LogP contribution in [0.4, 0.5) is 5.69 Å². The maximum atomic E-state index is 14.0. The molecule has 5 atom stereocenters. The molecule has 3 saturated heterocycles. The van der Waals surface area contributed by atoms with E-state index in [1.807, 2.05) is 13.8 Å². The first-order valence-corrected chi connectivity index (χ1v) is 13.8. The van der Waals surface area contributed by atoms with Crippen molar-refractivity contribution in [2.75, 3.05) is 31.6 Å². The summed E-state index contributed by atoms with van der Waals surface area (Å²) in [6.07, 6.45) is 4.67. The van der Waals surface area contributed by atoms with Gasteiger partial charge in [0.2, 0.25) is 17.7 Å². The van der Waals surface area contributed by atoms with E-state index in [4.69, 9.17) is 9.47 Å². The molecule has 3 aliphatic rings. The predicted octanol–water partition coefficient (Wildman–Crippen LogP) is 2.87. The number of nitrogens with one attached hydrogen (secondary N) is 2. The first kappa shape index (κ1) is 27.4. The number of benzene rings is 1. The Morgan fingerprint density at radius 1 is 1.11 bits per heavy atom. The zero-order valence-corrected chi connectivity index (χ0v) is 22.3. The molecule has 2 bridgehead atoms. The predicted molar refractivity (Wildman–Crippen MR) is 139 cm³/mol. The Bertz CT molecular complexity index is 985. The molecule has 4 rings (SSSR count). The number of carbonyl (C=O) groups excluding carboxylic acids is 3. The first-order chi connectivity index (χ1) is 17.9. The summed E-state index contributed by atoms with van der Waals surface area (Å²) < 4.78 is 12.2. The van der Waals surface area contributed by atoms with Gasteiger partial charge < -0.3 is 30.1 Å². The summed E-state index contributed by atoms with van der Waals surface area (Å²) in [4.78, 5) is 42.9. The quantitative estimate of drug-likeness (QED) is 0.348. The monoisotopic (exact) mass is 515 g/mol. The molecule has 3 N–H and O–H groups in total. The van der Waals surface area contributed by atoms with E-state index in [1.54, 1.807) is 29.2 Å². The molecule has 2 unspecified atom stereocenters. The minimum absolute atomic E-state index is 0.0204. The Balaban J connectivity index is 1.64. The van der Waals surface area contributed by atoms with Crippen LogP contribution in [-0.2, 0) is 19.1 Å². The number of aliphatic hydroxyl groups excluding tert-OH is 1. The van der Waals surface area contributed by atoms with Gasteiger partial charge in [0, 0.05) is 25.4 Å². The van der Waals surface area contributed by atoms with Crippen molar-refractivity contribution in [3.05, 3.63) is 24.3 Å². The van der Waals surface area contributed by atoms with E-state index in [0.717, 1.165) is 12.8 Å². The third-order valence-electron chi connectivity index (χ3n) is 8.28. The highest BCUT2D eigenvalue weighted by Crippen LogP contribution is 2.64. The Morgan fingerprint density at radius 3 is 2.51 bits per heavy atom. The smallest absolute Gasteiger partial charge is 0.245 e. The van der Waals surface area contributed by atoms with Crippen LogP contribution in [0.25, 0.3) is 0 Å². The lowest BCUT2D eigenvalue weighted by Crippen LogP contribution is -2.55. The summed E-state index contributed by atoms with van der Waals surface area (Å²) in [5.74, 6) is -1.37. The van der Waals surface area contributed by atoms with Crippen molar-refractivity contribution in [1.82, 2.24) is 10.2 Å². The van der Waals surface area contributed by atoms with E-state index >= 15 is 0 Å². The van der Waals surface area contributed by atoms with E-state index in [9.17, 15) is 19.5 Å². The summed E-state index contributed by atoms with van der Waals surface area (Å²) in [6, 6.07) is 6.39. The molecule has 9 nitrogen and oxygen atoms in total. The van der Waals surface area contributed by atoms with Crippen molar-refractivity contribution in [2.24, 2.45) is 11.8 Å². The van der Waals surface area contributed by atoms with Gasteiger partial charge >= 0.3 is 0 Å². The van der Waals surface area contributed by atoms with Crippen LogP contribution in [0.15, 0.2) is 24.3 Å². The number of ether oxygens (including phenoxy) is 2. The van der Waals surface area contributed by atoms with Crippen molar-refractivity contribution >= 4 is 23.4 Å². The number of carbonyl (C=O) groups is 3. The van der Waals surface area contributed by atoms with Crippen LogP contribution in [0.2, 0.25) is 0 Å². The maximum absolute atomic E-state index is 14.0. The van der Waals surface area contributed by atoms with Crippen molar-refractivity contribution < 1.29 is 29.0 Å². The number of fused-ring (bicyclic) bond motifs is 1. The van der Waals surface area contributed by atoms with Crippen LogP contribution < -0.4 is 15.4 Å². The minimum atomic E-state index is -1.02. The number of aliphatic hydroxyl groups is 1. The Hall–Kier alpha value is -2.65. The lowest BCUT2D eigenvalue weighted by molar-refractivity contribution is -0.146. The maximum Gasteiger partial charge on any atom is 0.245 e. The molecule has 9 heteroatoms. The molecule has 1 aromatic carbocycles. The van der Waals surface area contributed by atoms with Crippen molar-refractivity contribution in [3.8, 4) is 5.75 Å². The first-order valence-electron chi connectivity index (χ1n) is 13.8. The van der Waals surface area contributed by atoms with Gasteiger partial charge in [-0.05, 0) is 69.7 Å². The highest BCUT2D eigenvalue weighted by Gasteiger charge is 2.78. The van der Waals surface area contributed by atoms with Crippen molar-refractivity contribution in [2.45, 2.75) is 83.0 Å². The number of hydrogen-bond donors (Lipinski definition) is 3. The van der Waals surface area contributed by atoms with E-state index < -0.39 is 29.1 Å². The number of unbranched alkanes of at least 4 members (excludes halogenated alkanes) is 2. The molecule has 3 fully saturated rings. The van der Waals surface area contributed by atoms with Gasteiger partial charge in [0.15, 0.2) is 0 Å². The van der Waals surface area contributed by atoms with E-state index in [0.29, 0.717) is 63.2 Å². The van der Waals surface area contributed by atoms with Gasteiger partial charge in [-0.15, -0.1) is 0 Å². The van der Waals surface area contributed by atoms with Crippen molar-refractivity contribution in [1.29, 1.82) is 0 Å². The molecule has 0 aromatic heterocycles. The van der Waals surface area contributed by atoms with Crippen LogP contribution in [0, 0.1) is 11.8 Å². The normalized spacial score (nSPS) is 29.9. The average Bonchev–Trinajstić information content (AvgIpc) is 3.49. The van der Waals surface area contributed by atoms with Crippen LogP contribution in [0.1, 0.15) is 65.7 Å². The molecule has 0 saturated carbocycles. The highest BCUT2D eigenvalue weighted by atomic mass is 16.5. The van der Waals surface area contributed by atoms with Gasteiger partial charge in [-0.2, -0.15) is 0 Å². The fourth-order valence-corrected chi connectivity index (χ4v) is 6.56. The fourth-order valence-electron chi connectivity index (χ4n) is 6.56. The molecule has 3 heterocycles. The summed E-state index contributed by atoms with van der Waals surface area (Å²) in [6.45, 7) is 7.40.